The minimum absolute atomic E-state index is 0.106. The monoisotopic (exact) mass is 463 g/mol. The maximum Gasteiger partial charge on any atom is 0.416 e. The van der Waals surface area contributed by atoms with Crippen LogP contribution < -0.4 is 10.1 Å². The van der Waals surface area contributed by atoms with Crippen LogP contribution in [0.5, 0.6) is 11.5 Å². The van der Waals surface area contributed by atoms with Crippen LogP contribution in [0.25, 0.3) is 10.9 Å². The van der Waals surface area contributed by atoms with Gasteiger partial charge in [0.1, 0.15) is 11.5 Å². The van der Waals surface area contributed by atoms with E-state index in [4.69, 9.17) is 16.3 Å². The number of halogens is 4. The van der Waals surface area contributed by atoms with Gasteiger partial charge in [0.2, 0.25) is 0 Å². The Hall–Kier alpha value is -2.68. The van der Waals surface area contributed by atoms with E-state index in [1.165, 1.54) is 18.0 Å². The Kier molecular flexibility index (Phi) is 6.13. The summed E-state index contributed by atoms with van der Waals surface area (Å²) in [6.07, 6.45) is 1.06. The van der Waals surface area contributed by atoms with Gasteiger partial charge in [-0.15, -0.1) is 0 Å². The summed E-state index contributed by atoms with van der Waals surface area (Å²) in [6, 6.07) is 12.4. The second-order valence-electron chi connectivity index (χ2n) is 6.71. The van der Waals surface area contributed by atoms with Crippen LogP contribution in [-0.4, -0.2) is 16.0 Å². The van der Waals surface area contributed by atoms with Crippen LogP contribution in [0.1, 0.15) is 11.1 Å². The zero-order valence-corrected chi connectivity index (χ0v) is 17.9. The first kappa shape index (κ1) is 21.5. The number of pyridine rings is 1. The van der Waals surface area contributed by atoms with Crippen LogP contribution in [0.2, 0.25) is 5.02 Å². The summed E-state index contributed by atoms with van der Waals surface area (Å²) >= 11 is 7.54. The number of benzene rings is 2. The zero-order valence-electron chi connectivity index (χ0n) is 16.3. The molecule has 0 fully saturated rings. The van der Waals surface area contributed by atoms with Gasteiger partial charge in [-0.25, -0.2) is 0 Å². The topological polar surface area (TPSA) is 39.1 Å². The average Bonchev–Trinajstić information content (AvgIpc) is 3.06. The molecule has 0 aliphatic carbocycles. The smallest absolute Gasteiger partial charge is 0.416 e. The summed E-state index contributed by atoms with van der Waals surface area (Å²) in [5, 5.41) is 4.09. The van der Waals surface area contributed by atoms with E-state index in [9.17, 15) is 13.2 Å². The molecule has 0 aliphatic heterocycles. The summed E-state index contributed by atoms with van der Waals surface area (Å²) in [7, 11) is 1.88. The number of nitrogens with zero attached hydrogens (tertiary/aromatic N) is 2. The fourth-order valence-corrected chi connectivity index (χ4v) is 4.24. The fourth-order valence-electron chi connectivity index (χ4n) is 3.12. The number of aromatic nitrogens is 2. The highest BCUT2D eigenvalue weighted by atomic mass is 35.5. The molecule has 0 radical (unpaired) electrons. The normalized spacial score (nSPS) is 11.8. The minimum atomic E-state index is -4.46. The number of hydrogen-bond donors (Lipinski definition) is 1. The molecule has 4 nitrogen and oxygen atoms in total. The van der Waals surface area contributed by atoms with Gasteiger partial charge in [-0.1, -0.05) is 11.6 Å². The predicted molar refractivity (Wildman–Crippen MR) is 117 cm³/mol. The van der Waals surface area contributed by atoms with Gasteiger partial charge in [0.05, 0.1) is 16.1 Å². The summed E-state index contributed by atoms with van der Waals surface area (Å²) in [5.74, 6) is 0.624. The van der Waals surface area contributed by atoms with Crippen molar-refractivity contribution in [1.29, 1.82) is 0 Å². The Bertz CT molecular complexity index is 1210. The van der Waals surface area contributed by atoms with E-state index >= 15 is 0 Å². The van der Waals surface area contributed by atoms with Crippen molar-refractivity contribution >= 4 is 34.5 Å². The Balaban J connectivity index is 1.69. The summed E-state index contributed by atoms with van der Waals surface area (Å²) in [6.45, 7) is 0.683. The molecule has 0 saturated carbocycles. The third kappa shape index (κ3) is 4.81. The van der Waals surface area contributed by atoms with Crippen LogP contribution in [0.3, 0.4) is 0 Å². The molecule has 31 heavy (non-hydrogen) atoms. The van der Waals surface area contributed by atoms with Crippen molar-refractivity contribution in [2.45, 2.75) is 17.6 Å². The highest BCUT2D eigenvalue weighted by molar-refractivity contribution is 7.98. The Morgan fingerprint density at radius 2 is 2.00 bits per heavy atom. The van der Waals surface area contributed by atoms with Crippen molar-refractivity contribution < 1.29 is 17.9 Å². The van der Waals surface area contributed by atoms with Crippen LogP contribution in [-0.2, 0) is 12.7 Å². The van der Waals surface area contributed by atoms with E-state index < -0.39 is 11.7 Å². The molecule has 0 saturated heterocycles. The molecular formula is C22H17ClF3N3OS. The van der Waals surface area contributed by atoms with Crippen molar-refractivity contribution in [3.63, 3.8) is 0 Å². The van der Waals surface area contributed by atoms with Gasteiger partial charge in [0, 0.05) is 41.5 Å². The fraction of sp³-hybridized carbons (Fsp3) is 0.136. The lowest BCUT2D eigenvalue weighted by Crippen LogP contribution is -2.04. The number of nitrogens with one attached hydrogen (secondary N) is 1. The molecule has 0 aliphatic rings. The third-order valence-electron chi connectivity index (χ3n) is 4.52. The maximum absolute atomic E-state index is 12.9. The van der Waals surface area contributed by atoms with E-state index in [0.29, 0.717) is 12.3 Å². The molecule has 2 aromatic heterocycles. The molecule has 0 atom stereocenters. The highest BCUT2D eigenvalue weighted by Crippen LogP contribution is 2.38. The van der Waals surface area contributed by atoms with Gasteiger partial charge in [0.25, 0.3) is 0 Å². The number of rotatable bonds is 6. The standard InChI is InChI=1S/C22H17ClF3N3OS/c1-27-11-14-13-29(31-17-3-2-8-28-12-17)20-10-16(5-6-18(14)20)30-21-7-4-15(9-19(21)23)22(24,25)26/h2-10,12-13,27H,11H2,1H3. The van der Waals surface area contributed by atoms with Gasteiger partial charge in [0.15, 0.2) is 0 Å². The van der Waals surface area contributed by atoms with Crippen molar-refractivity contribution in [1.82, 2.24) is 14.3 Å². The molecule has 4 aromatic rings. The molecular weight excluding hydrogens is 447 g/mol. The lowest BCUT2D eigenvalue weighted by Gasteiger charge is -2.12. The van der Waals surface area contributed by atoms with Gasteiger partial charge >= 0.3 is 6.18 Å². The van der Waals surface area contributed by atoms with E-state index in [-0.39, 0.29) is 10.8 Å². The van der Waals surface area contributed by atoms with Crippen molar-refractivity contribution in [2.24, 2.45) is 0 Å². The molecule has 1 N–H and O–H groups in total. The second-order valence-corrected chi connectivity index (χ2v) is 8.17. The third-order valence-corrected chi connectivity index (χ3v) is 5.76. The van der Waals surface area contributed by atoms with E-state index in [2.05, 4.69) is 10.3 Å². The first-order valence-corrected chi connectivity index (χ1v) is 10.4. The van der Waals surface area contributed by atoms with E-state index in [0.717, 1.165) is 33.5 Å². The average molecular weight is 464 g/mol. The van der Waals surface area contributed by atoms with E-state index in [1.54, 1.807) is 18.5 Å². The largest absolute Gasteiger partial charge is 0.456 e. The maximum atomic E-state index is 12.9. The van der Waals surface area contributed by atoms with Crippen molar-refractivity contribution in [2.75, 3.05) is 7.05 Å². The van der Waals surface area contributed by atoms with Crippen LogP contribution in [0, 0.1) is 0 Å². The Labute approximate surface area is 186 Å². The van der Waals surface area contributed by atoms with Crippen molar-refractivity contribution in [3.8, 4) is 11.5 Å². The van der Waals surface area contributed by atoms with Crippen LogP contribution >= 0.6 is 23.5 Å². The lowest BCUT2D eigenvalue weighted by atomic mass is 10.1. The first-order valence-electron chi connectivity index (χ1n) is 9.26. The number of alkyl halides is 3. The Morgan fingerprint density at radius 1 is 1.16 bits per heavy atom. The lowest BCUT2D eigenvalue weighted by molar-refractivity contribution is -0.137. The molecule has 0 amide bonds. The Morgan fingerprint density at radius 3 is 2.68 bits per heavy atom. The van der Waals surface area contributed by atoms with Gasteiger partial charge in [-0.05, 0) is 67.0 Å². The number of fused-ring (bicyclic) bond motifs is 1. The van der Waals surface area contributed by atoms with Crippen LogP contribution in [0.15, 0.2) is 72.0 Å². The first-order chi connectivity index (χ1) is 14.8. The summed E-state index contributed by atoms with van der Waals surface area (Å²) in [4.78, 5) is 5.11. The molecule has 9 heteroatoms. The zero-order chi connectivity index (χ0) is 22.0. The molecule has 2 heterocycles. The SMILES string of the molecule is CNCc1cn(Sc2cccnc2)c2cc(Oc3ccc(C(F)(F)F)cc3Cl)ccc12. The predicted octanol–water partition coefficient (Wildman–Crippen LogP) is 6.78. The highest BCUT2D eigenvalue weighted by Gasteiger charge is 2.31. The quantitative estimate of drug-likeness (QED) is 0.342. The summed E-state index contributed by atoms with van der Waals surface area (Å²) in [5.41, 5.74) is 1.19. The molecule has 0 bridgehead atoms. The van der Waals surface area contributed by atoms with E-state index in [1.807, 2.05) is 41.5 Å². The number of hydrogen-bond acceptors (Lipinski definition) is 4. The second kappa shape index (κ2) is 8.82. The van der Waals surface area contributed by atoms with Gasteiger partial charge in [-0.3, -0.25) is 8.96 Å². The van der Waals surface area contributed by atoms with Gasteiger partial charge < -0.3 is 10.1 Å². The number of ether oxygens (including phenoxy) is 1. The molecule has 160 valence electrons. The molecule has 2 aromatic carbocycles. The van der Waals surface area contributed by atoms with Crippen molar-refractivity contribution in [3.05, 3.63) is 83.3 Å². The molecule has 0 unspecified atom stereocenters. The molecule has 4 rings (SSSR count). The summed E-state index contributed by atoms with van der Waals surface area (Å²) < 4.78 is 46.4. The minimum Gasteiger partial charge on any atom is -0.456 e. The van der Waals surface area contributed by atoms with Crippen LogP contribution in [0.4, 0.5) is 13.2 Å². The molecule has 0 spiro atoms. The van der Waals surface area contributed by atoms with Gasteiger partial charge in [-0.2, -0.15) is 13.2 Å².